The Morgan fingerprint density at radius 1 is 0.524 bits per heavy atom. The van der Waals surface area contributed by atoms with Gasteiger partial charge in [-0.05, 0) is 83.0 Å². The first-order chi connectivity index (χ1) is 20.6. The summed E-state index contributed by atoms with van der Waals surface area (Å²) >= 11 is 0. The highest BCUT2D eigenvalue weighted by Gasteiger charge is 2.28. The highest BCUT2D eigenvalue weighted by molar-refractivity contribution is 6.50. The number of nitrogens with one attached hydrogen (secondary N) is 4. The van der Waals surface area contributed by atoms with Gasteiger partial charge in [0.15, 0.2) is 0 Å². The number of hydrogen-bond donors (Lipinski definition) is 4. The molecule has 0 aromatic heterocycles. The number of hydrazone groups is 2. The van der Waals surface area contributed by atoms with E-state index in [0.29, 0.717) is 22.8 Å². The summed E-state index contributed by atoms with van der Waals surface area (Å²) in [6, 6.07) is 24.2. The van der Waals surface area contributed by atoms with Crippen molar-refractivity contribution in [1.82, 2.24) is 9.80 Å². The van der Waals surface area contributed by atoms with Crippen LogP contribution in [0.5, 0.6) is 0 Å². The molecule has 0 atom stereocenters. The van der Waals surface area contributed by atoms with Gasteiger partial charge in [-0.2, -0.15) is 10.2 Å². The van der Waals surface area contributed by atoms with Crippen molar-refractivity contribution in [2.24, 2.45) is 10.2 Å². The Kier molecular flexibility index (Phi) is 6.56. The Hall–Kier alpha value is -5.50. The number of nitrogens with zero attached hydrogens (tertiary/aromatic N) is 4. The normalized spacial score (nSPS) is 19.2. The third-order valence-corrected chi connectivity index (χ3v) is 7.82. The highest BCUT2D eigenvalue weighted by Crippen LogP contribution is 2.35. The summed E-state index contributed by atoms with van der Waals surface area (Å²) in [5.74, 6) is 0. The lowest BCUT2D eigenvalue weighted by molar-refractivity contribution is 0.370. The highest BCUT2D eigenvalue weighted by atomic mass is 15.3. The van der Waals surface area contributed by atoms with E-state index in [1.807, 2.05) is 85.0 Å². The minimum Gasteiger partial charge on any atom is -0.363 e. The van der Waals surface area contributed by atoms with Gasteiger partial charge in [-0.1, -0.05) is 48.5 Å². The van der Waals surface area contributed by atoms with Crippen LogP contribution in [0.4, 0.5) is 11.4 Å². The maximum absolute atomic E-state index is 8.52. The fourth-order valence-corrected chi connectivity index (χ4v) is 5.59. The Labute approximate surface area is 244 Å². The SMILES string of the molecule is N=C1C=C(N2Cc3cc4c(cc3C2)CN(C2=CC(=N)/C(=N\Nc3ccccc3)C=C2)C4)C=C/C1=N/Nc1ccccc1. The van der Waals surface area contributed by atoms with Crippen molar-refractivity contribution in [2.75, 3.05) is 10.9 Å². The Morgan fingerprint density at radius 3 is 1.26 bits per heavy atom. The predicted octanol–water partition coefficient (Wildman–Crippen LogP) is 6.20. The molecule has 0 saturated carbocycles. The first kappa shape index (κ1) is 25.5. The lowest BCUT2D eigenvalue weighted by Crippen LogP contribution is -2.22. The van der Waals surface area contributed by atoms with Crippen molar-refractivity contribution in [2.45, 2.75) is 26.2 Å². The van der Waals surface area contributed by atoms with Gasteiger partial charge in [0.05, 0.1) is 22.8 Å². The van der Waals surface area contributed by atoms with Crippen LogP contribution < -0.4 is 10.9 Å². The predicted molar refractivity (Wildman–Crippen MR) is 170 cm³/mol. The summed E-state index contributed by atoms with van der Waals surface area (Å²) in [5, 5.41) is 25.8. The molecule has 3 aromatic rings. The number of benzene rings is 3. The standard InChI is InChI=1S/C34H30N8/c35-31-17-29(11-13-33(31)39-37-27-7-3-1-4-8-27)41-19-23-15-25-21-42(22-26(25)16-24(23)20-41)30-12-14-34(32(36)18-30)40-38-28-9-5-2-6-10-28/h1-18,35-38H,19-22H2/b35-31?,36-32?,39-33-,40-34-. The quantitative estimate of drug-likeness (QED) is 0.217. The minimum atomic E-state index is 0.397. The second-order valence-corrected chi connectivity index (χ2v) is 10.7. The van der Waals surface area contributed by atoms with Crippen LogP contribution in [-0.2, 0) is 26.2 Å². The summed E-state index contributed by atoms with van der Waals surface area (Å²) in [7, 11) is 0. The fraction of sp³-hybridized carbons (Fsp3) is 0.118. The summed E-state index contributed by atoms with van der Waals surface area (Å²) in [6.45, 7) is 3.29. The number of anilines is 2. The molecule has 3 aromatic carbocycles. The van der Waals surface area contributed by atoms with E-state index in [-0.39, 0.29) is 0 Å². The van der Waals surface area contributed by atoms with Crippen LogP contribution in [0.15, 0.2) is 131 Å². The fourth-order valence-electron chi connectivity index (χ4n) is 5.59. The summed E-state index contributed by atoms with van der Waals surface area (Å²) < 4.78 is 0. The second kappa shape index (κ2) is 10.8. The van der Waals surface area contributed by atoms with E-state index >= 15 is 0 Å². The van der Waals surface area contributed by atoms with Gasteiger partial charge >= 0.3 is 0 Å². The van der Waals surface area contributed by atoms with Crippen molar-refractivity contribution in [3.8, 4) is 0 Å². The molecule has 42 heavy (non-hydrogen) atoms. The third kappa shape index (κ3) is 5.17. The number of hydrogen-bond acceptors (Lipinski definition) is 8. The van der Waals surface area contributed by atoms with Crippen molar-refractivity contribution in [3.05, 3.63) is 143 Å². The van der Waals surface area contributed by atoms with Crippen LogP contribution in [0.1, 0.15) is 22.3 Å². The number of allylic oxidation sites excluding steroid dienone is 6. The van der Waals surface area contributed by atoms with Gasteiger partial charge in [-0.15, -0.1) is 0 Å². The molecule has 7 rings (SSSR count). The molecule has 206 valence electrons. The zero-order valence-corrected chi connectivity index (χ0v) is 23.0. The van der Waals surface area contributed by atoms with Crippen molar-refractivity contribution < 1.29 is 0 Å². The van der Waals surface area contributed by atoms with Crippen LogP contribution >= 0.6 is 0 Å². The van der Waals surface area contributed by atoms with Crippen LogP contribution in [0, 0.1) is 10.8 Å². The van der Waals surface area contributed by atoms with E-state index in [4.69, 9.17) is 10.8 Å². The maximum Gasteiger partial charge on any atom is 0.108 e. The Bertz CT molecular complexity index is 1600. The molecule has 2 aliphatic carbocycles. The molecular formula is C34H30N8. The average Bonchev–Trinajstić information content (AvgIpc) is 3.63. The summed E-state index contributed by atoms with van der Waals surface area (Å²) in [6.07, 6.45) is 11.7. The number of fused-ring (bicyclic) bond motifs is 2. The monoisotopic (exact) mass is 550 g/mol. The number of para-hydroxylation sites is 2. The summed E-state index contributed by atoms with van der Waals surface area (Å²) in [5.41, 5.74) is 17.3. The van der Waals surface area contributed by atoms with E-state index in [0.717, 1.165) is 48.9 Å². The maximum atomic E-state index is 8.52. The lowest BCUT2D eigenvalue weighted by atomic mass is 10.0. The third-order valence-electron chi connectivity index (χ3n) is 7.82. The molecule has 0 amide bonds. The molecule has 0 unspecified atom stereocenters. The van der Waals surface area contributed by atoms with E-state index in [1.165, 1.54) is 22.3 Å². The molecule has 0 fully saturated rings. The molecule has 2 aliphatic heterocycles. The van der Waals surface area contributed by atoms with Gasteiger partial charge in [0.25, 0.3) is 0 Å². The average molecular weight is 551 g/mol. The molecule has 0 spiro atoms. The molecule has 8 heteroatoms. The van der Waals surface area contributed by atoms with Crippen LogP contribution in [0.2, 0.25) is 0 Å². The Balaban J connectivity index is 0.982. The largest absolute Gasteiger partial charge is 0.363 e. The smallest absolute Gasteiger partial charge is 0.108 e. The van der Waals surface area contributed by atoms with Crippen molar-refractivity contribution >= 4 is 34.2 Å². The van der Waals surface area contributed by atoms with E-state index < -0.39 is 0 Å². The van der Waals surface area contributed by atoms with E-state index in [2.05, 4.69) is 55.1 Å². The molecule has 8 nitrogen and oxygen atoms in total. The molecule has 0 saturated heterocycles. The van der Waals surface area contributed by atoms with Crippen LogP contribution in [0.3, 0.4) is 0 Å². The van der Waals surface area contributed by atoms with Gasteiger partial charge in [-0.3, -0.25) is 21.7 Å². The topological polar surface area (TPSA) is 103 Å². The van der Waals surface area contributed by atoms with Gasteiger partial charge in [0.2, 0.25) is 0 Å². The van der Waals surface area contributed by atoms with Crippen molar-refractivity contribution in [1.29, 1.82) is 10.8 Å². The van der Waals surface area contributed by atoms with Gasteiger partial charge < -0.3 is 9.80 Å². The first-order valence-electron chi connectivity index (χ1n) is 14.0. The molecule has 4 aliphatic rings. The molecular weight excluding hydrogens is 520 g/mol. The zero-order valence-electron chi connectivity index (χ0n) is 23.0. The molecule has 0 radical (unpaired) electrons. The van der Waals surface area contributed by atoms with E-state index in [1.54, 1.807) is 0 Å². The lowest BCUT2D eigenvalue weighted by Gasteiger charge is -2.22. The molecule has 2 heterocycles. The van der Waals surface area contributed by atoms with Gasteiger partial charge in [-0.25, -0.2) is 0 Å². The minimum absolute atomic E-state index is 0.397. The molecule has 0 bridgehead atoms. The zero-order chi connectivity index (χ0) is 28.5. The van der Waals surface area contributed by atoms with Gasteiger partial charge in [0.1, 0.15) is 11.4 Å². The van der Waals surface area contributed by atoms with E-state index in [9.17, 15) is 0 Å². The van der Waals surface area contributed by atoms with Crippen LogP contribution in [0.25, 0.3) is 0 Å². The van der Waals surface area contributed by atoms with Crippen LogP contribution in [-0.4, -0.2) is 32.6 Å². The van der Waals surface area contributed by atoms with Crippen molar-refractivity contribution in [3.63, 3.8) is 0 Å². The van der Waals surface area contributed by atoms with Gasteiger partial charge in [0, 0.05) is 37.6 Å². The second-order valence-electron chi connectivity index (χ2n) is 10.7. The molecule has 4 N–H and O–H groups in total. The first-order valence-corrected chi connectivity index (χ1v) is 14.0. The number of rotatable bonds is 6. The summed E-state index contributed by atoms with van der Waals surface area (Å²) in [4.78, 5) is 4.64. The Morgan fingerprint density at radius 2 is 0.905 bits per heavy atom.